The van der Waals surface area contributed by atoms with Gasteiger partial charge in [0.15, 0.2) is 0 Å². The highest BCUT2D eigenvalue weighted by Crippen LogP contribution is 2.24. The van der Waals surface area contributed by atoms with Crippen molar-refractivity contribution in [2.75, 3.05) is 0 Å². The van der Waals surface area contributed by atoms with E-state index in [9.17, 15) is 9.18 Å². The van der Waals surface area contributed by atoms with Crippen molar-refractivity contribution in [1.82, 2.24) is 10.4 Å². The van der Waals surface area contributed by atoms with Crippen LogP contribution in [-0.2, 0) is 0 Å². The number of carbonyl (C=O) groups is 1. The molecule has 142 valence electrons. The average Bonchev–Trinajstić information content (AvgIpc) is 2.75. The van der Waals surface area contributed by atoms with Gasteiger partial charge < -0.3 is 0 Å². The summed E-state index contributed by atoms with van der Waals surface area (Å²) in [6, 6.07) is 23.0. The fraction of sp³-hybridized carbons (Fsp3) is 0. The van der Waals surface area contributed by atoms with Crippen LogP contribution in [-0.4, -0.2) is 17.1 Å². The molecule has 0 fully saturated rings. The third-order valence-corrected chi connectivity index (χ3v) is 4.72. The van der Waals surface area contributed by atoms with Gasteiger partial charge in [-0.05, 0) is 24.3 Å². The van der Waals surface area contributed by atoms with Gasteiger partial charge in [-0.1, -0.05) is 66.2 Å². The first-order valence-corrected chi connectivity index (χ1v) is 9.24. The lowest BCUT2D eigenvalue weighted by Gasteiger charge is -2.09. The molecule has 1 aromatic heterocycles. The molecule has 1 heterocycles. The van der Waals surface area contributed by atoms with Gasteiger partial charge in [-0.15, -0.1) is 0 Å². The molecule has 0 atom stereocenters. The lowest BCUT2D eigenvalue weighted by atomic mass is 10.0. The fourth-order valence-corrected chi connectivity index (χ4v) is 3.18. The minimum Gasteiger partial charge on any atom is -0.267 e. The maximum absolute atomic E-state index is 13.9. The van der Waals surface area contributed by atoms with Gasteiger partial charge in [0.1, 0.15) is 5.82 Å². The molecule has 6 heteroatoms. The number of pyridine rings is 1. The van der Waals surface area contributed by atoms with Crippen molar-refractivity contribution in [3.8, 4) is 11.3 Å². The van der Waals surface area contributed by atoms with Crippen molar-refractivity contribution in [2.45, 2.75) is 0 Å². The van der Waals surface area contributed by atoms with Crippen LogP contribution in [0.3, 0.4) is 0 Å². The van der Waals surface area contributed by atoms with E-state index in [1.165, 1.54) is 18.3 Å². The zero-order valence-corrected chi connectivity index (χ0v) is 15.9. The molecule has 0 bridgehead atoms. The Morgan fingerprint density at radius 1 is 1.00 bits per heavy atom. The molecule has 0 aliphatic heterocycles. The Bertz CT molecular complexity index is 1210. The van der Waals surface area contributed by atoms with E-state index in [2.05, 4.69) is 15.5 Å². The van der Waals surface area contributed by atoms with E-state index in [0.29, 0.717) is 22.2 Å². The molecule has 0 aliphatic carbocycles. The number of nitrogens with zero attached hydrogens (tertiary/aromatic N) is 2. The quantitative estimate of drug-likeness (QED) is 0.363. The maximum atomic E-state index is 13.9. The number of aromatic nitrogens is 1. The van der Waals surface area contributed by atoms with E-state index in [1.807, 2.05) is 54.6 Å². The fourth-order valence-electron chi connectivity index (χ4n) is 2.97. The van der Waals surface area contributed by atoms with Crippen LogP contribution >= 0.6 is 11.6 Å². The molecule has 1 N–H and O–H groups in total. The van der Waals surface area contributed by atoms with Gasteiger partial charge in [0, 0.05) is 16.5 Å². The number of amides is 1. The second-order valence-corrected chi connectivity index (χ2v) is 6.68. The summed E-state index contributed by atoms with van der Waals surface area (Å²) < 4.78 is 13.9. The zero-order chi connectivity index (χ0) is 20.2. The van der Waals surface area contributed by atoms with Gasteiger partial charge in [-0.2, -0.15) is 5.10 Å². The molecule has 4 nitrogen and oxygen atoms in total. The number of benzene rings is 3. The standard InChI is InChI=1S/C23H15ClFN3O/c24-19-10-6-11-20(25)18(19)14-26-28-23(29)17-13-22(15-7-2-1-3-8-15)27-21-12-5-4-9-16(17)21/h1-14H,(H,28,29). The largest absolute Gasteiger partial charge is 0.272 e. The summed E-state index contributed by atoms with van der Waals surface area (Å²) in [5.74, 6) is -0.944. The molecule has 0 saturated heterocycles. The highest BCUT2D eigenvalue weighted by atomic mass is 35.5. The number of hydrazone groups is 1. The molecule has 0 radical (unpaired) electrons. The van der Waals surface area contributed by atoms with E-state index in [0.717, 1.165) is 5.56 Å². The Labute approximate surface area is 171 Å². The maximum Gasteiger partial charge on any atom is 0.272 e. The summed E-state index contributed by atoms with van der Waals surface area (Å²) >= 11 is 5.98. The van der Waals surface area contributed by atoms with Crippen LogP contribution in [0.4, 0.5) is 4.39 Å². The molecule has 3 aromatic carbocycles. The van der Waals surface area contributed by atoms with E-state index in [-0.39, 0.29) is 10.6 Å². The normalized spacial score (nSPS) is 11.1. The van der Waals surface area contributed by atoms with E-state index >= 15 is 0 Å². The second-order valence-electron chi connectivity index (χ2n) is 6.27. The van der Waals surface area contributed by atoms with Crippen LogP contribution in [0.5, 0.6) is 0 Å². The van der Waals surface area contributed by atoms with Crippen molar-refractivity contribution >= 4 is 34.6 Å². The Hall–Kier alpha value is -3.57. The number of hydrogen-bond acceptors (Lipinski definition) is 3. The van der Waals surface area contributed by atoms with Gasteiger partial charge in [0.2, 0.25) is 0 Å². The van der Waals surface area contributed by atoms with Crippen LogP contribution in [0, 0.1) is 5.82 Å². The molecule has 0 saturated carbocycles. The predicted octanol–water partition coefficient (Wildman–Crippen LogP) is 5.46. The number of carbonyl (C=O) groups excluding carboxylic acids is 1. The topological polar surface area (TPSA) is 54.4 Å². The summed E-state index contributed by atoms with van der Waals surface area (Å²) in [6.07, 6.45) is 1.19. The molecular formula is C23H15ClFN3O. The van der Waals surface area contributed by atoms with Crippen LogP contribution in [0.25, 0.3) is 22.2 Å². The number of para-hydroxylation sites is 1. The van der Waals surface area contributed by atoms with Crippen LogP contribution in [0.1, 0.15) is 15.9 Å². The first-order chi connectivity index (χ1) is 14.1. The van der Waals surface area contributed by atoms with Crippen LogP contribution < -0.4 is 5.43 Å². The second kappa shape index (κ2) is 8.20. The molecule has 0 aliphatic rings. The smallest absolute Gasteiger partial charge is 0.267 e. The zero-order valence-electron chi connectivity index (χ0n) is 15.1. The Kier molecular flexibility index (Phi) is 5.31. The Morgan fingerprint density at radius 3 is 2.55 bits per heavy atom. The number of rotatable bonds is 4. The van der Waals surface area contributed by atoms with E-state index in [4.69, 9.17) is 11.6 Å². The molecule has 0 unspecified atom stereocenters. The highest BCUT2D eigenvalue weighted by molar-refractivity contribution is 6.33. The molecule has 4 aromatic rings. The van der Waals surface area contributed by atoms with Gasteiger partial charge in [-0.25, -0.2) is 14.8 Å². The van der Waals surface area contributed by atoms with Crippen molar-refractivity contribution in [2.24, 2.45) is 5.10 Å². The summed E-state index contributed by atoms with van der Waals surface area (Å²) in [7, 11) is 0. The third-order valence-electron chi connectivity index (χ3n) is 4.39. The van der Waals surface area contributed by atoms with Gasteiger partial charge >= 0.3 is 0 Å². The van der Waals surface area contributed by atoms with Crippen molar-refractivity contribution in [1.29, 1.82) is 0 Å². The first kappa shape index (κ1) is 18.8. The lowest BCUT2D eigenvalue weighted by Crippen LogP contribution is -2.18. The van der Waals surface area contributed by atoms with Gasteiger partial charge in [0.05, 0.1) is 28.0 Å². The SMILES string of the molecule is O=C(NN=Cc1c(F)cccc1Cl)c1cc(-c2ccccc2)nc2ccccc12. The summed E-state index contributed by atoms with van der Waals surface area (Å²) in [4.78, 5) is 17.5. The van der Waals surface area contributed by atoms with Crippen molar-refractivity contribution in [3.63, 3.8) is 0 Å². The molecule has 0 spiro atoms. The average molecular weight is 404 g/mol. The minimum absolute atomic E-state index is 0.110. The van der Waals surface area contributed by atoms with Crippen LogP contribution in [0.2, 0.25) is 5.02 Å². The highest BCUT2D eigenvalue weighted by Gasteiger charge is 2.13. The number of hydrogen-bond donors (Lipinski definition) is 1. The Morgan fingerprint density at radius 2 is 1.76 bits per heavy atom. The van der Waals surface area contributed by atoms with E-state index in [1.54, 1.807) is 12.1 Å². The number of nitrogens with one attached hydrogen (secondary N) is 1. The summed E-state index contributed by atoms with van der Waals surface area (Å²) in [5.41, 5.74) is 5.25. The third kappa shape index (κ3) is 4.00. The van der Waals surface area contributed by atoms with Crippen LogP contribution in [0.15, 0.2) is 84.0 Å². The van der Waals surface area contributed by atoms with Crippen molar-refractivity contribution in [3.05, 3.63) is 101 Å². The lowest BCUT2D eigenvalue weighted by molar-refractivity contribution is 0.0956. The predicted molar refractivity (Wildman–Crippen MR) is 114 cm³/mol. The molecular weight excluding hydrogens is 389 g/mol. The van der Waals surface area contributed by atoms with Gasteiger partial charge in [-0.3, -0.25) is 4.79 Å². The summed E-state index contributed by atoms with van der Waals surface area (Å²) in [5, 5.41) is 4.79. The summed E-state index contributed by atoms with van der Waals surface area (Å²) in [6.45, 7) is 0. The van der Waals surface area contributed by atoms with Gasteiger partial charge in [0.25, 0.3) is 5.91 Å². The van der Waals surface area contributed by atoms with Crippen molar-refractivity contribution < 1.29 is 9.18 Å². The Balaban J connectivity index is 1.69. The monoisotopic (exact) mass is 403 g/mol. The molecule has 1 amide bonds. The number of halogens is 2. The minimum atomic E-state index is -0.517. The molecule has 4 rings (SSSR count). The molecule has 29 heavy (non-hydrogen) atoms. The first-order valence-electron chi connectivity index (χ1n) is 8.86. The number of fused-ring (bicyclic) bond motifs is 1. The van der Waals surface area contributed by atoms with E-state index < -0.39 is 11.7 Å².